The van der Waals surface area contributed by atoms with Gasteiger partial charge in [0, 0.05) is 12.3 Å². The van der Waals surface area contributed by atoms with Gasteiger partial charge in [0.2, 0.25) is 0 Å². The summed E-state index contributed by atoms with van der Waals surface area (Å²) < 4.78 is 15.2. The van der Waals surface area contributed by atoms with E-state index in [9.17, 15) is 24.0 Å². The van der Waals surface area contributed by atoms with Crippen molar-refractivity contribution in [3.8, 4) is 0 Å². The predicted octanol–water partition coefficient (Wildman–Crippen LogP) is 5.65. The van der Waals surface area contributed by atoms with E-state index in [0.717, 1.165) is 0 Å². The number of alkyl carbamates (subject to hydrolysis) is 3. The Morgan fingerprint density at radius 2 is 0.881 bits per heavy atom. The first kappa shape index (κ1) is 53.4. The number of aliphatic hydroxyl groups is 1. The molecule has 0 saturated carbocycles. The van der Waals surface area contributed by atoms with Crippen molar-refractivity contribution >= 4 is 30.2 Å². The Hall–Kier alpha value is -7.73. The number of aliphatic hydroxyl groups excluding tert-OH is 1. The minimum atomic E-state index is -1.54. The first-order chi connectivity index (χ1) is 27.5. The quantitative estimate of drug-likeness (QED) is 0.107. The van der Waals surface area contributed by atoms with Crippen LogP contribution in [0.2, 0.25) is 0 Å². The minimum absolute atomic E-state index is 0.241. The third-order valence-corrected chi connectivity index (χ3v) is 5.41. The molecule has 14 heteroatoms. The zero-order chi connectivity index (χ0) is 45.4. The number of nitrogens with one attached hydrogen (secondary N) is 5. The molecule has 59 heavy (non-hydrogen) atoms. The standard InChI is InChI=1S/C21H4.C15H26N4O6.C9H19NO3/c1-3-5-7-9-11-13-15-17-19-21-20-18-16-14-12-10-8-6-4-2;1-13(2,3)24-11(22)16-7-15(9(20)18-10(21)19-15)8-17-12(23)25-14(4,5)6;1-5-7(11)6-10-8(12)13-9(2,3)4/h1-2H2;7-8H2,1-6H3,(H,16,22)(H,17,23)(H2,18,19,20,21);7,11H,5-6H2,1-4H3,(H,10,12). The SMILES string of the molecule is C=C=C=C=C=C=C=C=C=C=C=C=C=C=C=C=C=C=C=C=C.CC(C)(C)OC(=O)NCC1(CNC(=O)OC(C)(C)C)NC(=O)NC1=O.CCC(O)CNC(=O)OC(C)(C)C. The Balaban J connectivity index is 0. The van der Waals surface area contributed by atoms with E-state index < -0.39 is 58.7 Å². The van der Waals surface area contributed by atoms with Crippen molar-refractivity contribution in [2.75, 3.05) is 19.6 Å². The molecule has 0 aromatic heterocycles. The molecule has 0 bridgehead atoms. The smallest absolute Gasteiger partial charge is 0.407 e. The van der Waals surface area contributed by atoms with Crippen LogP contribution < -0.4 is 26.6 Å². The molecule has 0 spiro atoms. The van der Waals surface area contributed by atoms with Gasteiger partial charge < -0.3 is 40.6 Å². The molecule has 1 unspecified atom stereocenters. The molecule has 308 valence electrons. The van der Waals surface area contributed by atoms with Crippen LogP contribution in [0.25, 0.3) is 0 Å². The van der Waals surface area contributed by atoms with Crippen LogP contribution in [0.3, 0.4) is 0 Å². The van der Waals surface area contributed by atoms with E-state index >= 15 is 0 Å². The maximum Gasteiger partial charge on any atom is 0.407 e. The normalized spacial score (nSPS) is 11.4. The zero-order valence-electron chi connectivity index (χ0n) is 35.0. The number of imide groups is 1. The number of rotatable bonds is 7. The Bertz CT molecular complexity index is 2160. The van der Waals surface area contributed by atoms with Gasteiger partial charge in [-0.2, -0.15) is 0 Å². The number of carbonyl (C=O) groups is 5. The molecule has 14 nitrogen and oxygen atoms in total. The topological polar surface area (TPSA) is 193 Å². The lowest BCUT2D eigenvalue weighted by Gasteiger charge is -2.28. The molecule has 1 saturated heterocycles. The van der Waals surface area contributed by atoms with E-state index in [2.05, 4.69) is 149 Å². The fourth-order valence-electron chi connectivity index (χ4n) is 3.13. The van der Waals surface area contributed by atoms with Gasteiger partial charge in [0.1, 0.15) is 16.8 Å². The second kappa shape index (κ2) is 28.6. The largest absolute Gasteiger partial charge is 0.444 e. The molecule has 0 radical (unpaired) electrons. The average molecular weight is 804 g/mol. The molecule has 1 atom stereocenters. The van der Waals surface area contributed by atoms with Gasteiger partial charge in [0.25, 0.3) is 5.91 Å². The van der Waals surface area contributed by atoms with Crippen molar-refractivity contribution < 1.29 is 43.3 Å². The van der Waals surface area contributed by atoms with E-state index in [-0.39, 0.29) is 19.6 Å². The molecule has 0 aliphatic carbocycles. The van der Waals surface area contributed by atoms with Crippen LogP contribution in [0.4, 0.5) is 19.2 Å². The molecule has 1 fully saturated rings. The Kier molecular flexibility index (Phi) is 25.9. The van der Waals surface area contributed by atoms with Crippen molar-refractivity contribution in [1.29, 1.82) is 0 Å². The van der Waals surface area contributed by atoms with Gasteiger partial charge in [-0.3, -0.25) is 10.1 Å². The van der Waals surface area contributed by atoms with E-state index in [1.807, 2.05) is 6.92 Å². The second-order valence-electron chi connectivity index (χ2n) is 14.1. The first-order valence-corrected chi connectivity index (χ1v) is 17.5. The number of hydrogen-bond acceptors (Lipinski definition) is 9. The van der Waals surface area contributed by atoms with Crippen LogP contribution >= 0.6 is 0 Å². The van der Waals surface area contributed by atoms with E-state index in [0.29, 0.717) is 6.42 Å². The molecule has 1 rings (SSSR count). The van der Waals surface area contributed by atoms with Crippen molar-refractivity contribution in [2.24, 2.45) is 0 Å². The van der Waals surface area contributed by atoms with E-state index in [1.54, 1.807) is 62.3 Å². The van der Waals surface area contributed by atoms with Crippen LogP contribution in [-0.2, 0) is 19.0 Å². The monoisotopic (exact) mass is 803 g/mol. The summed E-state index contributed by atoms with van der Waals surface area (Å²) in [5.41, 5.74) is 43.5. The van der Waals surface area contributed by atoms with Gasteiger partial charge in [-0.05, 0) is 174 Å². The summed E-state index contributed by atoms with van der Waals surface area (Å²) in [6.07, 6.45) is -1.86. The molecule has 0 aromatic rings. The molecule has 1 heterocycles. The fourth-order valence-corrected chi connectivity index (χ4v) is 3.13. The highest BCUT2D eigenvalue weighted by Crippen LogP contribution is 2.12. The summed E-state index contributed by atoms with van der Waals surface area (Å²) in [5.74, 6) is -0.676. The minimum Gasteiger partial charge on any atom is -0.444 e. The number of ether oxygens (including phenoxy) is 3. The third kappa shape index (κ3) is 33.3. The molecule has 1 aliphatic rings. The highest BCUT2D eigenvalue weighted by Gasteiger charge is 2.47. The summed E-state index contributed by atoms with van der Waals surface area (Å²) in [6, 6.07) is -0.720. The molecule has 6 amide bonds. The molecule has 0 aromatic carbocycles. The maximum atomic E-state index is 12.1. The van der Waals surface area contributed by atoms with Crippen LogP contribution in [-0.4, -0.2) is 83.4 Å². The van der Waals surface area contributed by atoms with Crippen LogP contribution in [0, 0.1) is 0 Å². The maximum absolute atomic E-state index is 12.1. The van der Waals surface area contributed by atoms with Gasteiger partial charge in [0.05, 0.1) is 19.2 Å². The van der Waals surface area contributed by atoms with Crippen molar-refractivity contribution in [1.82, 2.24) is 26.6 Å². The summed E-state index contributed by atoms with van der Waals surface area (Å²) in [5, 5.41) is 20.9. The van der Waals surface area contributed by atoms with Gasteiger partial charge in [0.15, 0.2) is 5.54 Å². The third-order valence-electron chi connectivity index (χ3n) is 5.41. The van der Waals surface area contributed by atoms with Crippen LogP contribution in [0.5, 0.6) is 0 Å². The summed E-state index contributed by atoms with van der Waals surface area (Å²) in [7, 11) is 0. The number of carbonyl (C=O) groups excluding carboxylic acids is 5. The van der Waals surface area contributed by atoms with Gasteiger partial charge in [-0.1, -0.05) is 18.4 Å². The summed E-state index contributed by atoms with van der Waals surface area (Å²) in [4.78, 5) is 58.2. The number of hydrogen-bond donors (Lipinski definition) is 6. The second-order valence-corrected chi connectivity index (χ2v) is 14.1. The van der Waals surface area contributed by atoms with Crippen LogP contribution in [0.15, 0.2) is 122 Å². The Morgan fingerprint density at radius 1 is 0.593 bits per heavy atom. The van der Waals surface area contributed by atoms with Crippen molar-refractivity contribution in [3.05, 3.63) is 122 Å². The lowest BCUT2D eigenvalue weighted by atomic mass is 10.00. The number of urea groups is 1. The number of amides is 6. The Labute approximate surface area is 345 Å². The fraction of sp³-hybridized carbons (Fsp3) is 0.422. The van der Waals surface area contributed by atoms with Crippen LogP contribution in [0.1, 0.15) is 75.7 Å². The molecule has 1 aliphatic heterocycles. The lowest BCUT2D eigenvalue weighted by molar-refractivity contribution is -0.123. The van der Waals surface area contributed by atoms with E-state index in [4.69, 9.17) is 19.3 Å². The highest BCUT2D eigenvalue weighted by atomic mass is 16.6. The van der Waals surface area contributed by atoms with Gasteiger partial charge in [-0.25, -0.2) is 19.2 Å². The van der Waals surface area contributed by atoms with E-state index in [1.165, 1.54) is 0 Å². The lowest BCUT2D eigenvalue weighted by Crippen LogP contribution is -2.61. The highest BCUT2D eigenvalue weighted by molar-refractivity contribution is 6.07. The summed E-state index contributed by atoms with van der Waals surface area (Å²) in [6.45, 7) is 23.7. The van der Waals surface area contributed by atoms with Gasteiger partial charge in [-0.15, -0.1) is 0 Å². The zero-order valence-corrected chi connectivity index (χ0v) is 35.0. The molecular formula is C45H49N5O9. The average Bonchev–Trinajstić information content (AvgIpc) is 3.40. The molecule has 6 N–H and O–H groups in total. The van der Waals surface area contributed by atoms with Crippen molar-refractivity contribution in [2.45, 2.75) is 104 Å². The predicted molar refractivity (Wildman–Crippen MR) is 216 cm³/mol. The van der Waals surface area contributed by atoms with Gasteiger partial charge >= 0.3 is 24.3 Å². The molecular weight excluding hydrogens is 755 g/mol. The first-order valence-electron chi connectivity index (χ1n) is 17.5. The summed E-state index contributed by atoms with van der Waals surface area (Å²) >= 11 is 0. The Morgan fingerprint density at radius 3 is 1.12 bits per heavy atom. The van der Waals surface area contributed by atoms with Crippen molar-refractivity contribution in [3.63, 3.8) is 0 Å².